The average Bonchev–Trinajstić information content (AvgIpc) is 2.98. The van der Waals surface area contributed by atoms with Crippen LogP contribution in [-0.2, 0) is 4.79 Å². The summed E-state index contributed by atoms with van der Waals surface area (Å²) in [5.74, 6) is -1.23. The van der Waals surface area contributed by atoms with E-state index in [1.54, 1.807) is 12.1 Å². The molecule has 0 saturated carbocycles. The number of nitrogens with zero attached hydrogens (tertiary/aromatic N) is 1. The quantitative estimate of drug-likeness (QED) is 0.855. The van der Waals surface area contributed by atoms with E-state index in [0.29, 0.717) is 15.4 Å². The number of amides is 2. The second-order valence-corrected chi connectivity index (χ2v) is 6.02. The van der Waals surface area contributed by atoms with E-state index in [1.165, 1.54) is 43.1 Å². The second kappa shape index (κ2) is 7.15. The Kier molecular flexibility index (Phi) is 5.23. The molecule has 5 nitrogen and oxygen atoms in total. The Morgan fingerprint density at radius 1 is 1.09 bits per heavy atom. The van der Waals surface area contributed by atoms with Gasteiger partial charge in [0.05, 0.1) is 16.3 Å². The molecule has 23 heavy (non-hydrogen) atoms. The normalized spacial score (nSPS) is 10.2. The molecule has 2 rings (SSSR count). The number of thiophene rings is 1. The van der Waals surface area contributed by atoms with E-state index in [-0.39, 0.29) is 18.2 Å². The molecule has 0 aliphatic rings. The number of halogens is 1. The van der Waals surface area contributed by atoms with Gasteiger partial charge in [0, 0.05) is 12.7 Å². The third-order valence-electron chi connectivity index (χ3n) is 3.02. The second-order valence-electron chi connectivity index (χ2n) is 4.94. The van der Waals surface area contributed by atoms with Crippen LogP contribution in [0, 0.1) is 5.82 Å². The summed E-state index contributed by atoms with van der Waals surface area (Å²) >= 11 is 1.10. The van der Waals surface area contributed by atoms with Gasteiger partial charge in [0.1, 0.15) is 5.82 Å². The van der Waals surface area contributed by atoms with Crippen LogP contribution in [0.1, 0.15) is 26.3 Å². The molecule has 0 radical (unpaired) electrons. The van der Waals surface area contributed by atoms with Crippen LogP contribution in [0.3, 0.4) is 0 Å². The van der Waals surface area contributed by atoms with Gasteiger partial charge in [0.15, 0.2) is 5.78 Å². The van der Waals surface area contributed by atoms with Crippen LogP contribution in [0.15, 0.2) is 36.4 Å². The molecular formula is C16H15FN2O3S. The zero-order chi connectivity index (χ0) is 17.0. The molecule has 0 fully saturated rings. The fourth-order valence-corrected chi connectivity index (χ4v) is 2.75. The van der Waals surface area contributed by atoms with Gasteiger partial charge in [0.25, 0.3) is 5.91 Å². The Bertz CT molecular complexity index is 740. The van der Waals surface area contributed by atoms with Gasteiger partial charge >= 0.3 is 0 Å². The van der Waals surface area contributed by atoms with Crippen molar-refractivity contribution in [2.24, 2.45) is 0 Å². The Labute approximate surface area is 136 Å². The summed E-state index contributed by atoms with van der Waals surface area (Å²) < 4.78 is 12.8. The van der Waals surface area contributed by atoms with Crippen molar-refractivity contribution in [3.8, 4) is 0 Å². The maximum atomic E-state index is 12.8. The summed E-state index contributed by atoms with van der Waals surface area (Å²) in [5.41, 5.74) is 0.451. The highest BCUT2D eigenvalue weighted by Crippen LogP contribution is 2.18. The maximum absolute atomic E-state index is 12.8. The molecule has 0 unspecified atom stereocenters. The van der Waals surface area contributed by atoms with Crippen LogP contribution in [0.25, 0.3) is 0 Å². The molecule has 120 valence electrons. The summed E-state index contributed by atoms with van der Waals surface area (Å²) in [7, 11) is 1.50. The predicted molar refractivity (Wildman–Crippen MR) is 86.3 cm³/mol. The van der Waals surface area contributed by atoms with Gasteiger partial charge in [-0.15, -0.1) is 11.3 Å². The lowest BCUT2D eigenvalue weighted by Gasteiger charge is -2.15. The number of benzene rings is 1. The molecule has 0 bridgehead atoms. The molecule has 2 aromatic rings. The van der Waals surface area contributed by atoms with Gasteiger partial charge < -0.3 is 10.2 Å². The Morgan fingerprint density at radius 3 is 2.26 bits per heavy atom. The third kappa shape index (κ3) is 4.46. The van der Waals surface area contributed by atoms with Gasteiger partial charge in [-0.2, -0.15) is 0 Å². The van der Waals surface area contributed by atoms with E-state index in [0.717, 1.165) is 11.3 Å². The molecule has 0 atom stereocenters. The number of hydrogen-bond acceptors (Lipinski definition) is 4. The molecule has 0 aliphatic heterocycles. The molecule has 0 spiro atoms. The lowest BCUT2D eigenvalue weighted by atomic mass is 10.3. The number of rotatable bonds is 5. The standard InChI is InChI=1S/C16H15FN2O3S/c1-10(20)13-7-8-14(23-13)16(22)19(2)9-15(21)18-12-5-3-11(17)4-6-12/h3-8H,9H2,1-2H3,(H,18,21). The van der Waals surface area contributed by atoms with Crippen molar-refractivity contribution >= 4 is 34.6 Å². The van der Waals surface area contributed by atoms with E-state index < -0.39 is 11.7 Å². The zero-order valence-corrected chi connectivity index (χ0v) is 13.4. The lowest BCUT2D eigenvalue weighted by Crippen LogP contribution is -2.34. The Balaban J connectivity index is 1.95. The first-order valence-electron chi connectivity index (χ1n) is 6.78. The van der Waals surface area contributed by atoms with Crippen molar-refractivity contribution in [2.75, 3.05) is 18.9 Å². The number of carbonyl (C=O) groups excluding carboxylic acids is 3. The minimum atomic E-state index is -0.394. The minimum Gasteiger partial charge on any atom is -0.332 e. The van der Waals surface area contributed by atoms with Gasteiger partial charge in [-0.1, -0.05) is 0 Å². The van der Waals surface area contributed by atoms with Crippen LogP contribution >= 0.6 is 11.3 Å². The molecule has 1 aromatic heterocycles. The maximum Gasteiger partial charge on any atom is 0.264 e. The highest BCUT2D eigenvalue weighted by molar-refractivity contribution is 7.15. The van der Waals surface area contributed by atoms with Crippen LogP contribution in [-0.4, -0.2) is 36.1 Å². The zero-order valence-electron chi connectivity index (χ0n) is 12.6. The van der Waals surface area contributed by atoms with Crippen molar-refractivity contribution < 1.29 is 18.8 Å². The van der Waals surface area contributed by atoms with Crippen molar-refractivity contribution in [3.05, 3.63) is 52.0 Å². The molecule has 1 N–H and O–H groups in total. The summed E-state index contributed by atoms with van der Waals surface area (Å²) in [6.45, 7) is 1.28. The monoisotopic (exact) mass is 334 g/mol. The van der Waals surface area contributed by atoms with Crippen molar-refractivity contribution in [1.82, 2.24) is 4.90 Å². The summed E-state index contributed by atoms with van der Waals surface area (Å²) in [6.07, 6.45) is 0. The van der Waals surface area contributed by atoms with E-state index in [1.807, 2.05) is 0 Å². The molecule has 7 heteroatoms. The van der Waals surface area contributed by atoms with Crippen molar-refractivity contribution in [1.29, 1.82) is 0 Å². The van der Waals surface area contributed by atoms with Crippen LogP contribution in [0.5, 0.6) is 0 Å². The highest BCUT2D eigenvalue weighted by atomic mass is 32.1. The Hall–Kier alpha value is -2.54. The number of hydrogen-bond donors (Lipinski definition) is 1. The molecule has 0 saturated heterocycles. The number of nitrogens with one attached hydrogen (secondary N) is 1. The number of anilines is 1. The van der Waals surface area contributed by atoms with E-state index >= 15 is 0 Å². The molecular weight excluding hydrogens is 319 g/mol. The van der Waals surface area contributed by atoms with Crippen LogP contribution < -0.4 is 5.32 Å². The summed E-state index contributed by atoms with van der Waals surface area (Å²) in [6, 6.07) is 8.50. The molecule has 1 heterocycles. The molecule has 0 aliphatic carbocycles. The van der Waals surface area contributed by atoms with Crippen molar-refractivity contribution in [2.45, 2.75) is 6.92 Å². The first-order valence-corrected chi connectivity index (χ1v) is 7.60. The SMILES string of the molecule is CC(=O)c1ccc(C(=O)N(C)CC(=O)Nc2ccc(F)cc2)s1. The number of carbonyl (C=O) groups is 3. The Morgan fingerprint density at radius 2 is 1.70 bits per heavy atom. The van der Waals surface area contributed by atoms with E-state index in [9.17, 15) is 18.8 Å². The van der Waals surface area contributed by atoms with Gasteiger partial charge in [-0.3, -0.25) is 14.4 Å². The summed E-state index contributed by atoms with van der Waals surface area (Å²) in [4.78, 5) is 37.5. The third-order valence-corrected chi connectivity index (χ3v) is 4.19. The first-order chi connectivity index (χ1) is 10.9. The minimum absolute atomic E-state index is 0.106. The highest BCUT2D eigenvalue weighted by Gasteiger charge is 2.18. The molecule has 1 aromatic carbocycles. The van der Waals surface area contributed by atoms with Gasteiger partial charge in [-0.25, -0.2) is 4.39 Å². The first kappa shape index (κ1) is 16.8. The van der Waals surface area contributed by atoms with E-state index in [4.69, 9.17) is 0 Å². The van der Waals surface area contributed by atoms with Gasteiger partial charge in [0.2, 0.25) is 5.91 Å². The summed E-state index contributed by atoms with van der Waals surface area (Å²) in [5, 5.41) is 2.58. The molecule has 2 amide bonds. The largest absolute Gasteiger partial charge is 0.332 e. The fraction of sp³-hybridized carbons (Fsp3) is 0.188. The average molecular weight is 334 g/mol. The fourth-order valence-electron chi connectivity index (χ4n) is 1.85. The number of Topliss-reactive ketones (excluding diaryl/α,β-unsaturated/α-hetero) is 1. The smallest absolute Gasteiger partial charge is 0.264 e. The topological polar surface area (TPSA) is 66.5 Å². The predicted octanol–water partition coefficient (Wildman–Crippen LogP) is 2.80. The van der Waals surface area contributed by atoms with Gasteiger partial charge in [-0.05, 0) is 43.3 Å². The number of ketones is 1. The van der Waals surface area contributed by atoms with Crippen LogP contribution in [0.4, 0.5) is 10.1 Å². The van der Waals surface area contributed by atoms with E-state index in [2.05, 4.69) is 5.32 Å². The van der Waals surface area contributed by atoms with Crippen LogP contribution in [0.2, 0.25) is 0 Å². The van der Waals surface area contributed by atoms with Crippen molar-refractivity contribution in [3.63, 3.8) is 0 Å². The number of likely N-dealkylation sites (N-methyl/N-ethyl adjacent to an activating group) is 1. The lowest BCUT2D eigenvalue weighted by molar-refractivity contribution is -0.116.